The minimum absolute atomic E-state index is 0.0433. The van der Waals surface area contributed by atoms with Gasteiger partial charge < -0.3 is 10.6 Å². The van der Waals surface area contributed by atoms with Crippen molar-refractivity contribution >= 4 is 34.5 Å². The zero-order valence-corrected chi connectivity index (χ0v) is 18.1. The van der Waals surface area contributed by atoms with Crippen LogP contribution in [0.4, 0.5) is 11.4 Å². The molecule has 0 bridgehead atoms. The molecule has 1 aromatic heterocycles. The van der Waals surface area contributed by atoms with Crippen molar-refractivity contribution in [3.63, 3.8) is 0 Å². The average Bonchev–Trinajstić information content (AvgIpc) is 3.31. The highest BCUT2D eigenvalue weighted by atomic mass is 32.1. The minimum atomic E-state index is -0.146. The Morgan fingerprint density at radius 1 is 0.806 bits per heavy atom. The van der Waals surface area contributed by atoms with Gasteiger partial charge in [-0.1, -0.05) is 42.5 Å². The van der Waals surface area contributed by atoms with Gasteiger partial charge >= 0.3 is 0 Å². The molecule has 2 aromatic carbocycles. The molecule has 0 radical (unpaired) electrons. The number of anilines is 2. The van der Waals surface area contributed by atoms with Crippen molar-refractivity contribution in [1.29, 1.82) is 0 Å². The second-order valence-electron chi connectivity index (χ2n) is 7.60. The number of carbonyl (C=O) groups excluding carboxylic acids is 2. The van der Waals surface area contributed by atoms with Gasteiger partial charge in [0, 0.05) is 44.1 Å². The van der Waals surface area contributed by atoms with E-state index in [0.29, 0.717) is 22.8 Å². The third-order valence-corrected chi connectivity index (χ3v) is 6.10. The first-order valence-electron chi connectivity index (χ1n) is 10.4. The number of thiophene rings is 1. The van der Waals surface area contributed by atoms with Crippen molar-refractivity contribution in [2.45, 2.75) is 6.54 Å². The van der Waals surface area contributed by atoms with Gasteiger partial charge in [-0.05, 0) is 35.2 Å². The lowest BCUT2D eigenvalue weighted by atomic mass is 10.2. The molecule has 1 saturated heterocycles. The van der Waals surface area contributed by atoms with Gasteiger partial charge in [-0.15, -0.1) is 11.3 Å². The lowest BCUT2D eigenvalue weighted by molar-refractivity contribution is -0.117. The van der Waals surface area contributed by atoms with Gasteiger partial charge in [0.25, 0.3) is 5.91 Å². The topological polar surface area (TPSA) is 64.7 Å². The van der Waals surface area contributed by atoms with E-state index in [0.717, 1.165) is 32.7 Å². The highest BCUT2D eigenvalue weighted by molar-refractivity contribution is 7.12. The van der Waals surface area contributed by atoms with Crippen LogP contribution in [0.2, 0.25) is 0 Å². The Morgan fingerprint density at radius 2 is 1.52 bits per heavy atom. The summed E-state index contributed by atoms with van der Waals surface area (Å²) in [6, 6.07) is 21.3. The highest BCUT2D eigenvalue weighted by Crippen LogP contribution is 2.18. The molecule has 1 aliphatic rings. The summed E-state index contributed by atoms with van der Waals surface area (Å²) in [7, 11) is 0. The molecular formula is C24H26N4O2S. The molecule has 0 saturated carbocycles. The summed E-state index contributed by atoms with van der Waals surface area (Å²) >= 11 is 1.39. The molecule has 2 amide bonds. The number of nitrogens with zero attached hydrogens (tertiary/aromatic N) is 2. The molecule has 7 heteroatoms. The summed E-state index contributed by atoms with van der Waals surface area (Å²) in [5.41, 5.74) is 2.65. The second-order valence-corrected chi connectivity index (χ2v) is 8.55. The maximum Gasteiger partial charge on any atom is 0.265 e. The lowest BCUT2D eigenvalue weighted by Gasteiger charge is -2.34. The molecule has 0 aliphatic carbocycles. The van der Waals surface area contributed by atoms with Crippen molar-refractivity contribution in [3.8, 4) is 0 Å². The Morgan fingerprint density at radius 3 is 2.23 bits per heavy atom. The van der Waals surface area contributed by atoms with E-state index in [1.54, 1.807) is 12.1 Å². The summed E-state index contributed by atoms with van der Waals surface area (Å²) in [6.45, 7) is 4.96. The largest absolute Gasteiger partial charge is 0.325 e. The van der Waals surface area contributed by atoms with E-state index in [1.165, 1.54) is 16.9 Å². The van der Waals surface area contributed by atoms with Crippen LogP contribution >= 0.6 is 11.3 Å². The molecule has 3 aromatic rings. The first-order chi connectivity index (χ1) is 15.2. The van der Waals surface area contributed by atoms with Gasteiger partial charge in [-0.3, -0.25) is 19.4 Å². The first kappa shape index (κ1) is 21.2. The fourth-order valence-corrected chi connectivity index (χ4v) is 4.24. The molecule has 4 rings (SSSR count). The van der Waals surface area contributed by atoms with Crippen LogP contribution in [0, 0.1) is 0 Å². The van der Waals surface area contributed by atoms with E-state index < -0.39 is 0 Å². The van der Waals surface area contributed by atoms with Crippen LogP contribution in [0.5, 0.6) is 0 Å². The van der Waals surface area contributed by atoms with E-state index in [4.69, 9.17) is 0 Å². The maximum absolute atomic E-state index is 12.5. The number of benzene rings is 2. The number of hydrogen-bond donors (Lipinski definition) is 2. The van der Waals surface area contributed by atoms with Crippen molar-refractivity contribution in [2.24, 2.45) is 0 Å². The second kappa shape index (κ2) is 10.3. The fraction of sp³-hybridized carbons (Fsp3) is 0.250. The maximum atomic E-state index is 12.5. The Bertz CT molecular complexity index is 999. The van der Waals surface area contributed by atoms with E-state index >= 15 is 0 Å². The van der Waals surface area contributed by atoms with Crippen LogP contribution in [0.3, 0.4) is 0 Å². The number of nitrogens with one attached hydrogen (secondary N) is 2. The van der Waals surface area contributed by atoms with Crippen LogP contribution in [-0.4, -0.2) is 54.3 Å². The predicted molar refractivity (Wildman–Crippen MR) is 126 cm³/mol. The quantitative estimate of drug-likeness (QED) is 0.594. The van der Waals surface area contributed by atoms with E-state index in [2.05, 4.69) is 44.7 Å². The molecule has 160 valence electrons. The summed E-state index contributed by atoms with van der Waals surface area (Å²) < 4.78 is 0. The van der Waals surface area contributed by atoms with Crippen molar-refractivity contribution < 1.29 is 9.59 Å². The summed E-state index contributed by atoms with van der Waals surface area (Å²) in [5.74, 6) is -0.190. The highest BCUT2D eigenvalue weighted by Gasteiger charge is 2.19. The van der Waals surface area contributed by atoms with Crippen molar-refractivity contribution in [1.82, 2.24) is 9.80 Å². The normalized spacial score (nSPS) is 14.8. The number of carbonyl (C=O) groups is 2. The Kier molecular flexibility index (Phi) is 7.09. The molecular weight excluding hydrogens is 408 g/mol. The lowest BCUT2D eigenvalue weighted by Crippen LogP contribution is -2.48. The van der Waals surface area contributed by atoms with E-state index in [1.807, 2.05) is 35.7 Å². The Balaban J connectivity index is 1.23. The zero-order chi connectivity index (χ0) is 21.5. The van der Waals surface area contributed by atoms with Gasteiger partial charge in [-0.2, -0.15) is 0 Å². The number of rotatable bonds is 7. The third kappa shape index (κ3) is 6.24. The predicted octanol–water partition coefficient (Wildman–Crippen LogP) is 3.76. The van der Waals surface area contributed by atoms with Crippen molar-refractivity contribution in [2.75, 3.05) is 43.4 Å². The molecule has 1 aliphatic heterocycles. The molecule has 0 spiro atoms. The van der Waals surface area contributed by atoms with Gasteiger partial charge in [0.05, 0.1) is 11.4 Å². The fourth-order valence-electron chi connectivity index (χ4n) is 3.63. The molecule has 0 atom stereocenters. The van der Waals surface area contributed by atoms with Gasteiger partial charge in [-0.25, -0.2) is 0 Å². The Labute approximate surface area is 186 Å². The molecule has 0 unspecified atom stereocenters. The monoisotopic (exact) mass is 434 g/mol. The molecule has 6 nitrogen and oxygen atoms in total. The van der Waals surface area contributed by atoms with Crippen LogP contribution in [0.15, 0.2) is 72.1 Å². The number of hydrogen-bond acceptors (Lipinski definition) is 5. The first-order valence-corrected chi connectivity index (χ1v) is 11.3. The van der Waals surface area contributed by atoms with Crippen LogP contribution < -0.4 is 10.6 Å². The van der Waals surface area contributed by atoms with Crippen LogP contribution in [0.1, 0.15) is 15.2 Å². The van der Waals surface area contributed by atoms with Gasteiger partial charge in [0.2, 0.25) is 5.91 Å². The minimum Gasteiger partial charge on any atom is -0.325 e. The zero-order valence-electron chi connectivity index (χ0n) is 17.3. The third-order valence-electron chi connectivity index (χ3n) is 5.23. The van der Waals surface area contributed by atoms with Crippen LogP contribution in [0.25, 0.3) is 0 Å². The van der Waals surface area contributed by atoms with E-state index in [-0.39, 0.29) is 11.8 Å². The number of amides is 2. The molecule has 2 N–H and O–H groups in total. The Hall–Kier alpha value is -3.00. The summed E-state index contributed by atoms with van der Waals surface area (Å²) in [4.78, 5) is 30.0. The van der Waals surface area contributed by atoms with Gasteiger partial charge in [0.15, 0.2) is 0 Å². The smallest absolute Gasteiger partial charge is 0.265 e. The summed E-state index contributed by atoms with van der Waals surface area (Å²) in [5, 5.41) is 7.68. The van der Waals surface area contributed by atoms with Crippen molar-refractivity contribution in [3.05, 3.63) is 82.6 Å². The standard InChI is InChI=1S/C24H26N4O2S/c29-23(18-28-13-11-27(12-14-28)17-19-6-2-1-3-7-19)25-20-8-4-9-21(16-20)26-24(30)22-10-5-15-31-22/h1-10,15-16H,11-14,17-18H2,(H,25,29)(H,26,30). The number of piperazine rings is 1. The summed E-state index contributed by atoms with van der Waals surface area (Å²) in [6.07, 6.45) is 0. The molecule has 1 fully saturated rings. The van der Waals surface area contributed by atoms with Gasteiger partial charge in [0.1, 0.15) is 0 Å². The SMILES string of the molecule is O=C(CN1CCN(Cc2ccccc2)CC1)Nc1cccc(NC(=O)c2cccs2)c1. The molecule has 2 heterocycles. The molecule has 31 heavy (non-hydrogen) atoms. The van der Waals surface area contributed by atoms with E-state index in [9.17, 15) is 9.59 Å². The van der Waals surface area contributed by atoms with Crippen LogP contribution in [-0.2, 0) is 11.3 Å². The average molecular weight is 435 g/mol.